The van der Waals surface area contributed by atoms with Crippen LogP contribution in [0.25, 0.3) is 0 Å². The fourth-order valence-electron chi connectivity index (χ4n) is 2.07. The lowest BCUT2D eigenvalue weighted by Gasteiger charge is -2.25. The van der Waals surface area contributed by atoms with Crippen LogP contribution in [0.2, 0.25) is 0 Å². The second kappa shape index (κ2) is 3.21. The summed E-state index contributed by atoms with van der Waals surface area (Å²) in [5, 5.41) is 12.0. The lowest BCUT2D eigenvalue weighted by Crippen LogP contribution is -2.56. The van der Waals surface area contributed by atoms with E-state index in [1.807, 2.05) is 0 Å². The molecule has 1 amide bonds. The van der Waals surface area contributed by atoms with Crippen LogP contribution >= 0.6 is 0 Å². The van der Waals surface area contributed by atoms with Crippen LogP contribution in [0.3, 0.4) is 0 Å². The van der Waals surface area contributed by atoms with E-state index in [9.17, 15) is 4.79 Å². The molecule has 80 valence electrons. The Morgan fingerprint density at radius 3 is 2.29 bits per heavy atom. The highest BCUT2D eigenvalue weighted by Gasteiger charge is 2.47. The van der Waals surface area contributed by atoms with Crippen molar-refractivity contribution < 1.29 is 9.90 Å². The monoisotopic (exact) mass is 198 g/mol. The maximum atomic E-state index is 11.8. The van der Waals surface area contributed by atoms with E-state index in [1.54, 1.807) is 0 Å². The summed E-state index contributed by atoms with van der Waals surface area (Å²) in [6.07, 6.45) is 5.39. The summed E-state index contributed by atoms with van der Waals surface area (Å²) in [5.74, 6) is -0.0680. The van der Waals surface area contributed by atoms with Crippen LogP contribution < -0.4 is 11.1 Å². The van der Waals surface area contributed by atoms with Crippen LogP contribution in [0, 0.1) is 0 Å². The number of nitrogens with two attached hydrogens (primary N) is 1. The van der Waals surface area contributed by atoms with E-state index < -0.39 is 5.54 Å². The quantitative estimate of drug-likeness (QED) is 0.592. The van der Waals surface area contributed by atoms with Crippen LogP contribution in [0.1, 0.15) is 38.5 Å². The van der Waals surface area contributed by atoms with Crippen molar-refractivity contribution in [3.05, 3.63) is 0 Å². The third-order valence-corrected chi connectivity index (χ3v) is 3.48. The van der Waals surface area contributed by atoms with Gasteiger partial charge in [0, 0.05) is 0 Å². The molecule has 0 unspecified atom stereocenters. The Bertz CT molecular complexity index is 243. The van der Waals surface area contributed by atoms with E-state index in [0.29, 0.717) is 0 Å². The van der Waals surface area contributed by atoms with Crippen LogP contribution in [0.4, 0.5) is 0 Å². The number of hydrogen-bond donors (Lipinski definition) is 3. The predicted octanol–water partition coefficient (Wildman–Crippen LogP) is -0.101. The standard InChI is InChI=1S/C10H18N2O2/c11-10(3-1-2-4-10)8(14)12-9(7-13)5-6-9/h13H,1-7,11H2,(H,12,14). The number of nitrogens with one attached hydrogen (secondary N) is 1. The topological polar surface area (TPSA) is 75.4 Å². The van der Waals surface area contributed by atoms with Gasteiger partial charge < -0.3 is 16.2 Å². The first-order valence-electron chi connectivity index (χ1n) is 5.33. The molecule has 4 heteroatoms. The molecule has 0 atom stereocenters. The van der Waals surface area contributed by atoms with Crippen molar-refractivity contribution in [1.29, 1.82) is 0 Å². The van der Waals surface area contributed by atoms with Crippen molar-refractivity contribution in [2.45, 2.75) is 49.6 Å². The number of aliphatic hydroxyl groups excluding tert-OH is 1. The molecule has 14 heavy (non-hydrogen) atoms. The summed E-state index contributed by atoms with van der Waals surface area (Å²) in [4.78, 5) is 11.8. The van der Waals surface area contributed by atoms with E-state index in [1.165, 1.54) is 0 Å². The molecule has 2 rings (SSSR count). The maximum absolute atomic E-state index is 11.8. The molecule has 0 bridgehead atoms. The summed E-state index contributed by atoms with van der Waals surface area (Å²) >= 11 is 0. The Morgan fingerprint density at radius 2 is 1.86 bits per heavy atom. The van der Waals surface area contributed by atoms with Gasteiger partial charge in [0.25, 0.3) is 0 Å². The van der Waals surface area contributed by atoms with Crippen molar-refractivity contribution in [3.8, 4) is 0 Å². The molecule has 0 aliphatic heterocycles. The minimum absolute atomic E-state index is 0.0365. The fourth-order valence-corrected chi connectivity index (χ4v) is 2.07. The summed E-state index contributed by atoms with van der Waals surface area (Å²) in [5.41, 5.74) is 5.01. The minimum Gasteiger partial charge on any atom is -0.394 e. The number of rotatable bonds is 3. The Labute approximate surface area is 83.9 Å². The lowest BCUT2D eigenvalue weighted by atomic mass is 9.97. The number of amides is 1. The smallest absolute Gasteiger partial charge is 0.240 e. The van der Waals surface area contributed by atoms with Gasteiger partial charge in [-0.1, -0.05) is 12.8 Å². The van der Waals surface area contributed by atoms with Gasteiger partial charge in [-0.15, -0.1) is 0 Å². The van der Waals surface area contributed by atoms with Crippen molar-refractivity contribution in [1.82, 2.24) is 5.32 Å². The zero-order chi connectivity index (χ0) is 10.2. The molecule has 0 saturated heterocycles. The first kappa shape index (κ1) is 9.93. The van der Waals surface area contributed by atoms with Crippen LogP contribution in [-0.2, 0) is 4.79 Å². The van der Waals surface area contributed by atoms with Gasteiger partial charge in [0.1, 0.15) is 0 Å². The third kappa shape index (κ3) is 1.64. The SMILES string of the molecule is NC1(C(=O)NC2(CO)CC2)CCCC1. The predicted molar refractivity (Wildman–Crippen MR) is 52.6 cm³/mol. The zero-order valence-electron chi connectivity index (χ0n) is 8.38. The number of aliphatic hydroxyl groups is 1. The molecule has 4 N–H and O–H groups in total. The number of hydrogen-bond acceptors (Lipinski definition) is 3. The Kier molecular flexibility index (Phi) is 2.27. The minimum atomic E-state index is -0.662. The highest BCUT2D eigenvalue weighted by molar-refractivity contribution is 5.87. The highest BCUT2D eigenvalue weighted by Crippen LogP contribution is 2.36. The fraction of sp³-hybridized carbons (Fsp3) is 0.900. The number of carbonyl (C=O) groups excluding carboxylic acids is 1. The van der Waals surface area contributed by atoms with Crippen molar-refractivity contribution in [3.63, 3.8) is 0 Å². The first-order valence-corrected chi connectivity index (χ1v) is 5.33. The van der Waals surface area contributed by atoms with Gasteiger partial charge in [-0.3, -0.25) is 4.79 Å². The van der Waals surface area contributed by atoms with Gasteiger partial charge in [-0.05, 0) is 25.7 Å². The van der Waals surface area contributed by atoms with Gasteiger partial charge in [-0.2, -0.15) is 0 Å². The first-order chi connectivity index (χ1) is 6.60. The lowest BCUT2D eigenvalue weighted by molar-refractivity contribution is -0.127. The summed E-state index contributed by atoms with van der Waals surface area (Å²) in [6, 6.07) is 0. The summed E-state index contributed by atoms with van der Waals surface area (Å²) in [6.45, 7) is 0.0365. The average Bonchev–Trinajstić information content (AvgIpc) is 2.80. The molecule has 2 fully saturated rings. The van der Waals surface area contributed by atoms with E-state index in [2.05, 4.69) is 5.32 Å². The largest absolute Gasteiger partial charge is 0.394 e. The molecular weight excluding hydrogens is 180 g/mol. The van der Waals surface area contributed by atoms with E-state index in [0.717, 1.165) is 38.5 Å². The van der Waals surface area contributed by atoms with Crippen LogP contribution in [0.15, 0.2) is 0 Å². The van der Waals surface area contributed by atoms with E-state index in [-0.39, 0.29) is 18.1 Å². The Balaban J connectivity index is 1.95. The summed E-state index contributed by atoms with van der Waals surface area (Å²) in [7, 11) is 0. The molecular formula is C10H18N2O2. The molecule has 0 heterocycles. The summed E-state index contributed by atoms with van der Waals surface area (Å²) < 4.78 is 0. The molecule has 2 aliphatic carbocycles. The molecule has 2 saturated carbocycles. The van der Waals surface area contributed by atoms with Gasteiger partial charge in [0.15, 0.2) is 0 Å². The normalized spacial score (nSPS) is 27.3. The number of carbonyl (C=O) groups is 1. The third-order valence-electron chi connectivity index (χ3n) is 3.48. The zero-order valence-corrected chi connectivity index (χ0v) is 8.38. The van der Waals surface area contributed by atoms with Gasteiger partial charge in [-0.25, -0.2) is 0 Å². The molecule has 0 aromatic carbocycles. The molecule has 0 radical (unpaired) electrons. The van der Waals surface area contributed by atoms with E-state index >= 15 is 0 Å². The highest BCUT2D eigenvalue weighted by atomic mass is 16.3. The van der Waals surface area contributed by atoms with Gasteiger partial charge in [0.2, 0.25) is 5.91 Å². The second-order valence-corrected chi connectivity index (χ2v) is 4.76. The second-order valence-electron chi connectivity index (χ2n) is 4.76. The van der Waals surface area contributed by atoms with Crippen LogP contribution in [0.5, 0.6) is 0 Å². The molecule has 2 aliphatic rings. The molecule has 4 nitrogen and oxygen atoms in total. The Morgan fingerprint density at radius 1 is 1.29 bits per heavy atom. The molecule has 0 aromatic rings. The van der Waals surface area contributed by atoms with Gasteiger partial charge >= 0.3 is 0 Å². The van der Waals surface area contributed by atoms with Crippen molar-refractivity contribution >= 4 is 5.91 Å². The molecule has 0 spiro atoms. The van der Waals surface area contributed by atoms with Crippen LogP contribution in [-0.4, -0.2) is 28.7 Å². The Hall–Kier alpha value is -0.610. The van der Waals surface area contributed by atoms with Crippen molar-refractivity contribution in [2.24, 2.45) is 5.73 Å². The van der Waals surface area contributed by atoms with Crippen molar-refractivity contribution in [2.75, 3.05) is 6.61 Å². The molecule has 0 aromatic heterocycles. The maximum Gasteiger partial charge on any atom is 0.240 e. The average molecular weight is 198 g/mol. The van der Waals surface area contributed by atoms with Gasteiger partial charge in [0.05, 0.1) is 17.7 Å². The van der Waals surface area contributed by atoms with E-state index in [4.69, 9.17) is 10.8 Å².